The molecule has 0 aromatic heterocycles. The monoisotopic (exact) mass is 422 g/mol. The Bertz CT molecular complexity index is 235. The quantitative estimate of drug-likeness (QED) is 0.525. The number of carboxylic acids is 2. The molecule has 2 atom stereocenters. The molecule has 0 radical (unpaired) electrons. The molecule has 142 valence electrons. The smallest absolute Gasteiger partial charge is 0.306 e. The molecule has 0 aliphatic rings. The molecule has 0 saturated heterocycles. The van der Waals surface area contributed by atoms with Crippen LogP contribution in [0, 0.1) is 11.8 Å². The minimum absolute atomic E-state index is 0. The van der Waals surface area contributed by atoms with E-state index in [9.17, 15) is 9.59 Å². The molecule has 0 bridgehead atoms. The summed E-state index contributed by atoms with van der Waals surface area (Å²) in [5.41, 5.74) is 0. The average molecular weight is 420 g/mol. The van der Waals surface area contributed by atoms with Gasteiger partial charge in [0.25, 0.3) is 0 Å². The Morgan fingerprint density at radius 1 is 0.739 bits per heavy atom. The first kappa shape index (κ1) is 34.0. The maximum absolute atomic E-state index is 10.4. The number of carboxylic acid groups (broad SMARTS) is 2. The van der Waals surface area contributed by atoms with Crippen LogP contribution in [0.25, 0.3) is 0 Å². The number of hydrogen-bond donors (Lipinski definition) is 2. The number of aliphatic carboxylic acids is 2. The van der Waals surface area contributed by atoms with Gasteiger partial charge in [0.05, 0.1) is 11.8 Å². The van der Waals surface area contributed by atoms with Crippen LogP contribution in [0.15, 0.2) is 0 Å². The fourth-order valence-corrected chi connectivity index (χ4v) is 1.91. The zero-order valence-corrected chi connectivity index (χ0v) is 16.9. The van der Waals surface area contributed by atoms with Crippen LogP contribution in [-0.2, 0) is 30.7 Å². The maximum Gasteiger partial charge on any atom is 0.306 e. The first-order chi connectivity index (χ1) is 9.44. The zero-order valence-electron chi connectivity index (χ0n) is 14.9. The van der Waals surface area contributed by atoms with Gasteiger partial charge in [-0.2, -0.15) is 0 Å². The minimum Gasteiger partial charge on any atom is -0.481 e. The Balaban J connectivity index is -0.0000000831. The minimum atomic E-state index is -0.643. The van der Waals surface area contributed by atoms with Crippen LogP contribution in [0.4, 0.5) is 0 Å². The molecule has 2 unspecified atom stereocenters. The van der Waals surface area contributed by atoms with Gasteiger partial charge < -0.3 is 21.2 Å². The molecule has 0 amide bonds. The third kappa shape index (κ3) is 21.5. The average Bonchev–Trinajstić information content (AvgIpc) is 2.40. The van der Waals surface area contributed by atoms with E-state index in [0.29, 0.717) is 0 Å². The number of unbranched alkanes of at least 4 members (excludes halogenated alkanes) is 2. The van der Waals surface area contributed by atoms with E-state index in [1.54, 1.807) is 0 Å². The molecule has 6 N–H and O–H groups in total. The Hall–Kier alpha value is -0.452. The predicted octanol–water partition coefficient (Wildman–Crippen LogP) is 2.92. The molecule has 0 fully saturated rings. The molecule has 7 heteroatoms. The maximum atomic E-state index is 10.4. The molecule has 0 aliphatic heterocycles. The third-order valence-electron chi connectivity index (χ3n) is 3.50. The summed E-state index contributed by atoms with van der Waals surface area (Å²) in [6.07, 6.45) is 7.43. The van der Waals surface area contributed by atoms with Crippen LogP contribution >= 0.6 is 0 Å². The summed E-state index contributed by atoms with van der Waals surface area (Å²) in [7, 11) is 0. The molecule has 0 rings (SSSR count). The molecular formula is C16H36MoO6. The summed E-state index contributed by atoms with van der Waals surface area (Å²) in [5.74, 6) is -1.51. The summed E-state index contributed by atoms with van der Waals surface area (Å²) in [5, 5.41) is 17.2. The van der Waals surface area contributed by atoms with Crippen molar-refractivity contribution < 1.29 is 51.8 Å². The van der Waals surface area contributed by atoms with E-state index in [0.717, 1.165) is 51.4 Å². The fraction of sp³-hybridized carbons (Fsp3) is 0.875. The van der Waals surface area contributed by atoms with Crippen molar-refractivity contribution in [3.63, 3.8) is 0 Å². The van der Waals surface area contributed by atoms with Crippen LogP contribution in [0.1, 0.15) is 79.1 Å². The second kappa shape index (κ2) is 23.8. The Labute approximate surface area is 154 Å². The standard InChI is InChI=1S/2C8H16O2.Mo.2H2O/c2*1-3-5-6-7(4-2)8(9)10;;;/h2*7H,3-6H2,1-2H3,(H,9,10);;2*1H2. The van der Waals surface area contributed by atoms with Crippen molar-refractivity contribution in [1.82, 2.24) is 0 Å². The van der Waals surface area contributed by atoms with Gasteiger partial charge in [0.2, 0.25) is 0 Å². The number of hydrogen-bond acceptors (Lipinski definition) is 2. The molecule has 6 nitrogen and oxygen atoms in total. The normalized spacial score (nSPS) is 11.3. The third-order valence-corrected chi connectivity index (χ3v) is 3.50. The molecular weight excluding hydrogens is 384 g/mol. The summed E-state index contributed by atoms with van der Waals surface area (Å²) in [6.45, 7) is 8.01. The van der Waals surface area contributed by atoms with Crippen molar-refractivity contribution in [2.45, 2.75) is 79.1 Å². The van der Waals surface area contributed by atoms with Gasteiger partial charge in [-0.05, 0) is 25.7 Å². The molecule has 0 heterocycles. The van der Waals surface area contributed by atoms with E-state index in [4.69, 9.17) is 10.2 Å². The number of carbonyl (C=O) groups is 2. The van der Waals surface area contributed by atoms with Gasteiger partial charge in [0.15, 0.2) is 0 Å². The van der Waals surface area contributed by atoms with Crippen LogP contribution in [0.3, 0.4) is 0 Å². The van der Waals surface area contributed by atoms with Crippen LogP contribution < -0.4 is 0 Å². The Kier molecular flexibility index (Phi) is 35.2. The SMILES string of the molecule is CCCCC(CC)C(=O)O.CCCCC(CC)C(=O)O.O.O.[Mo]. The molecule has 0 aromatic rings. The van der Waals surface area contributed by atoms with Crippen LogP contribution in [0.5, 0.6) is 0 Å². The van der Waals surface area contributed by atoms with Gasteiger partial charge in [-0.1, -0.05) is 53.4 Å². The van der Waals surface area contributed by atoms with E-state index in [1.165, 1.54) is 0 Å². The summed E-state index contributed by atoms with van der Waals surface area (Å²) >= 11 is 0. The molecule has 0 aromatic carbocycles. The van der Waals surface area contributed by atoms with Crippen molar-refractivity contribution in [2.24, 2.45) is 11.8 Å². The van der Waals surface area contributed by atoms with E-state index in [2.05, 4.69) is 13.8 Å². The van der Waals surface area contributed by atoms with Crippen LogP contribution in [0.2, 0.25) is 0 Å². The summed E-state index contributed by atoms with van der Waals surface area (Å²) < 4.78 is 0. The van der Waals surface area contributed by atoms with Gasteiger partial charge in [0, 0.05) is 21.1 Å². The van der Waals surface area contributed by atoms with E-state index in [1.807, 2.05) is 13.8 Å². The second-order valence-corrected chi connectivity index (χ2v) is 5.17. The van der Waals surface area contributed by atoms with Gasteiger partial charge in [0.1, 0.15) is 0 Å². The van der Waals surface area contributed by atoms with Crippen molar-refractivity contribution >= 4 is 11.9 Å². The molecule has 0 aliphatic carbocycles. The van der Waals surface area contributed by atoms with E-state index >= 15 is 0 Å². The van der Waals surface area contributed by atoms with Crippen molar-refractivity contribution in [3.05, 3.63) is 0 Å². The van der Waals surface area contributed by atoms with Crippen molar-refractivity contribution in [2.75, 3.05) is 0 Å². The first-order valence-electron chi connectivity index (χ1n) is 7.89. The van der Waals surface area contributed by atoms with Gasteiger partial charge in [-0.25, -0.2) is 0 Å². The summed E-state index contributed by atoms with van der Waals surface area (Å²) in [4.78, 5) is 20.9. The molecule has 23 heavy (non-hydrogen) atoms. The Morgan fingerprint density at radius 2 is 1.00 bits per heavy atom. The largest absolute Gasteiger partial charge is 0.481 e. The summed E-state index contributed by atoms with van der Waals surface area (Å²) in [6, 6.07) is 0. The van der Waals surface area contributed by atoms with Crippen LogP contribution in [-0.4, -0.2) is 33.1 Å². The fourth-order valence-electron chi connectivity index (χ4n) is 1.91. The zero-order chi connectivity index (χ0) is 16.0. The molecule has 0 saturated carbocycles. The topological polar surface area (TPSA) is 138 Å². The van der Waals surface area contributed by atoms with Crippen molar-refractivity contribution in [1.29, 1.82) is 0 Å². The van der Waals surface area contributed by atoms with E-state index in [-0.39, 0.29) is 43.9 Å². The van der Waals surface area contributed by atoms with Gasteiger partial charge in [-0.15, -0.1) is 0 Å². The van der Waals surface area contributed by atoms with Crippen molar-refractivity contribution in [3.8, 4) is 0 Å². The number of rotatable bonds is 10. The van der Waals surface area contributed by atoms with Gasteiger partial charge in [-0.3, -0.25) is 9.59 Å². The Morgan fingerprint density at radius 3 is 1.13 bits per heavy atom. The van der Waals surface area contributed by atoms with E-state index < -0.39 is 11.9 Å². The second-order valence-electron chi connectivity index (χ2n) is 5.17. The predicted molar refractivity (Wildman–Crippen MR) is 89.1 cm³/mol. The van der Waals surface area contributed by atoms with Gasteiger partial charge >= 0.3 is 11.9 Å². The molecule has 0 spiro atoms. The first-order valence-corrected chi connectivity index (χ1v) is 7.89.